The van der Waals surface area contributed by atoms with Crippen molar-refractivity contribution in [3.63, 3.8) is 0 Å². The molecule has 0 unspecified atom stereocenters. The molecule has 4 rings (SSSR count). The summed E-state index contributed by atoms with van der Waals surface area (Å²) in [5.74, 6) is 1.48. The van der Waals surface area contributed by atoms with Gasteiger partial charge in [-0.15, -0.1) is 0 Å². The van der Waals surface area contributed by atoms with E-state index in [-0.39, 0.29) is 5.56 Å². The lowest BCUT2D eigenvalue weighted by atomic mass is 10.1. The number of hydrogen-bond donors (Lipinski definition) is 2. The van der Waals surface area contributed by atoms with Crippen LogP contribution in [0, 0.1) is 0 Å². The minimum Gasteiger partial charge on any atom is -0.493 e. The maximum atomic E-state index is 12.7. The van der Waals surface area contributed by atoms with Gasteiger partial charge in [-0.1, -0.05) is 11.6 Å². The monoisotopic (exact) mass is 457 g/mol. The Hall–Kier alpha value is -3.06. The average molecular weight is 458 g/mol. The van der Waals surface area contributed by atoms with Gasteiger partial charge in [0.25, 0.3) is 5.56 Å². The summed E-state index contributed by atoms with van der Waals surface area (Å²) in [5.41, 5.74) is 2.91. The number of nitrogens with zero attached hydrogens (tertiary/aromatic N) is 1. The maximum Gasteiger partial charge on any atom is 0.253 e. The lowest BCUT2D eigenvalue weighted by Crippen LogP contribution is -2.29. The fourth-order valence-electron chi connectivity index (χ4n) is 4.20. The summed E-state index contributed by atoms with van der Waals surface area (Å²) in [7, 11) is 4.66. The van der Waals surface area contributed by atoms with Gasteiger partial charge in [0.2, 0.25) is 5.75 Å². The van der Waals surface area contributed by atoms with Crippen molar-refractivity contribution in [2.75, 3.05) is 44.6 Å². The molecule has 0 radical (unpaired) electrons. The highest BCUT2D eigenvalue weighted by molar-refractivity contribution is 6.33. The first kappa shape index (κ1) is 22.1. The summed E-state index contributed by atoms with van der Waals surface area (Å²) in [4.78, 5) is 17.9. The smallest absolute Gasteiger partial charge is 0.253 e. The number of fused-ring (bicyclic) bond motifs is 1. The number of pyridine rings is 1. The lowest BCUT2D eigenvalue weighted by molar-refractivity contribution is 0.327. The van der Waals surface area contributed by atoms with E-state index < -0.39 is 0 Å². The molecule has 2 heterocycles. The molecule has 0 amide bonds. The molecule has 1 aromatic heterocycles. The van der Waals surface area contributed by atoms with Crippen LogP contribution in [-0.2, 0) is 6.54 Å². The number of rotatable bonds is 7. The largest absolute Gasteiger partial charge is 0.493 e. The third-order valence-electron chi connectivity index (χ3n) is 5.85. The van der Waals surface area contributed by atoms with Crippen molar-refractivity contribution in [3.05, 3.63) is 51.3 Å². The molecule has 2 N–H and O–H groups in total. The van der Waals surface area contributed by atoms with Gasteiger partial charge in [0.05, 0.1) is 37.6 Å². The van der Waals surface area contributed by atoms with E-state index >= 15 is 0 Å². The van der Waals surface area contributed by atoms with Crippen LogP contribution in [0.5, 0.6) is 17.2 Å². The van der Waals surface area contributed by atoms with Crippen molar-refractivity contribution in [2.24, 2.45) is 0 Å². The van der Waals surface area contributed by atoms with Crippen molar-refractivity contribution in [3.8, 4) is 17.2 Å². The second kappa shape index (κ2) is 9.61. The number of hydrogen-bond acceptors (Lipinski definition) is 6. The molecule has 0 spiro atoms. The van der Waals surface area contributed by atoms with Crippen molar-refractivity contribution < 1.29 is 14.2 Å². The predicted octanol–water partition coefficient (Wildman–Crippen LogP) is 4.81. The van der Waals surface area contributed by atoms with E-state index in [1.54, 1.807) is 27.4 Å². The van der Waals surface area contributed by atoms with Crippen LogP contribution >= 0.6 is 11.6 Å². The molecule has 0 bridgehead atoms. The van der Waals surface area contributed by atoms with E-state index in [0.29, 0.717) is 39.9 Å². The molecule has 32 heavy (non-hydrogen) atoms. The number of aromatic nitrogens is 1. The molecule has 1 fully saturated rings. The van der Waals surface area contributed by atoms with Gasteiger partial charge in [0, 0.05) is 42.3 Å². The normalized spacial score (nSPS) is 13.8. The molecule has 3 aromatic rings. The molecule has 1 aliphatic heterocycles. The van der Waals surface area contributed by atoms with E-state index in [1.807, 2.05) is 24.3 Å². The molecule has 0 saturated carbocycles. The number of nitrogens with one attached hydrogen (secondary N) is 2. The summed E-state index contributed by atoms with van der Waals surface area (Å²) >= 11 is 6.56. The Kier molecular flexibility index (Phi) is 6.65. The van der Waals surface area contributed by atoms with E-state index in [9.17, 15) is 4.79 Å². The van der Waals surface area contributed by atoms with Crippen molar-refractivity contribution >= 4 is 33.9 Å². The van der Waals surface area contributed by atoms with Gasteiger partial charge in [-0.05, 0) is 43.5 Å². The summed E-state index contributed by atoms with van der Waals surface area (Å²) in [6.45, 7) is 2.41. The van der Waals surface area contributed by atoms with Gasteiger partial charge in [0.1, 0.15) is 0 Å². The molecule has 170 valence electrons. The van der Waals surface area contributed by atoms with E-state index in [1.165, 1.54) is 19.3 Å². The summed E-state index contributed by atoms with van der Waals surface area (Å²) in [6.07, 6.45) is 3.67. The van der Waals surface area contributed by atoms with Gasteiger partial charge in [0.15, 0.2) is 11.5 Å². The minimum absolute atomic E-state index is 0.185. The van der Waals surface area contributed by atoms with Crippen LogP contribution in [-0.4, -0.2) is 39.4 Å². The third kappa shape index (κ3) is 4.30. The zero-order chi connectivity index (χ0) is 22.7. The van der Waals surface area contributed by atoms with Gasteiger partial charge >= 0.3 is 0 Å². The number of anilines is 2. The number of benzene rings is 2. The predicted molar refractivity (Wildman–Crippen MR) is 129 cm³/mol. The summed E-state index contributed by atoms with van der Waals surface area (Å²) in [5, 5.41) is 4.75. The van der Waals surface area contributed by atoms with Crippen LogP contribution < -0.4 is 30.0 Å². The quantitative estimate of drug-likeness (QED) is 0.530. The van der Waals surface area contributed by atoms with Gasteiger partial charge in [-0.2, -0.15) is 0 Å². The Balaban J connectivity index is 1.60. The second-order valence-corrected chi connectivity index (χ2v) is 8.20. The molecule has 1 aliphatic rings. The molecular weight excluding hydrogens is 430 g/mol. The number of halogens is 1. The second-order valence-electron chi connectivity index (χ2n) is 7.80. The summed E-state index contributed by atoms with van der Waals surface area (Å²) in [6, 6.07) is 9.50. The standard InChI is InChI=1S/C24H28ClN3O4/c1-30-21-13-19-17(22(31-2)23(21)32-3)11-15(24(29)27-19)14-26-16-7-8-20(18(25)12-16)28-9-5-4-6-10-28/h7-8,11-13,26H,4-6,9-10,14H2,1-3H3,(H,27,29). The third-order valence-corrected chi connectivity index (χ3v) is 6.16. The molecule has 2 aromatic carbocycles. The number of H-pyrrole nitrogens is 1. The Bertz CT molecular complexity index is 1170. The van der Waals surface area contributed by atoms with Gasteiger partial charge < -0.3 is 29.4 Å². The fraction of sp³-hybridized carbons (Fsp3) is 0.375. The van der Waals surface area contributed by atoms with E-state index in [4.69, 9.17) is 25.8 Å². The van der Waals surface area contributed by atoms with Crippen molar-refractivity contribution in [2.45, 2.75) is 25.8 Å². The minimum atomic E-state index is -0.185. The number of methoxy groups -OCH3 is 3. The van der Waals surface area contributed by atoms with Crippen LogP contribution in [0.1, 0.15) is 24.8 Å². The van der Waals surface area contributed by atoms with Crippen LogP contribution in [0.3, 0.4) is 0 Å². The highest BCUT2D eigenvalue weighted by Crippen LogP contribution is 2.42. The van der Waals surface area contributed by atoms with Gasteiger partial charge in [-0.25, -0.2) is 0 Å². The first-order valence-electron chi connectivity index (χ1n) is 10.7. The van der Waals surface area contributed by atoms with Crippen molar-refractivity contribution in [1.29, 1.82) is 0 Å². The van der Waals surface area contributed by atoms with Crippen LogP contribution in [0.2, 0.25) is 5.02 Å². The topological polar surface area (TPSA) is 75.8 Å². The number of aromatic amines is 1. The maximum absolute atomic E-state index is 12.7. The zero-order valence-corrected chi connectivity index (χ0v) is 19.3. The molecule has 0 aliphatic carbocycles. The SMILES string of the molecule is COc1cc2[nH]c(=O)c(CNc3ccc(N4CCCCC4)c(Cl)c3)cc2c(OC)c1OC. The first-order chi connectivity index (χ1) is 15.5. The van der Waals surface area contributed by atoms with Crippen LogP contribution in [0.25, 0.3) is 10.9 Å². The van der Waals surface area contributed by atoms with Crippen LogP contribution in [0.4, 0.5) is 11.4 Å². The molecule has 8 heteroatoms. The Labute approximate surface area is 192 Å². The zero-order valence-electron chi connectivity index (χ0n) is 18.6. The lowest BCUT2D eigenvalue weighted by Gasteiger charge is -2.29. The Morgan fingerprint density at radius 2 is 1.75 bits per heavy atom. The van der Waals surface area contributed by atoms with Crippen LogP contribution in [0.15, 0.2) is 35.1 Å². The Morgan fingerprint density at radius 1 is 1.00 bits per heavy atom. The highest BCUT2D eigenvalue weighted by atomic mass is 35.5. The number of ether oxygens (including phenoxy) is 3. The average Bonchev–Trinajstić information content (AvgIpc) is 2.82. The molecule has 1 saturated heterocycles. The van der Waals surface area contributed by atoms with E-state index in [2.05, 4.69) is 15.2 Å². The van der Waals surface area contributed by atoms with Crippen molar-refractivity contribution in [1.82, 2.24) is 4.98 Å². The Morgan fingerprint density at radius 3 is 2.41 bits per heavy atom. The van der Waals surface area contributed by atoms with Gasteiger partial charge in [-0.3, -0.25) is 4.79 Å². The molecule has 0 atom stereocenters. The first-order valence-corrected chi connectivity index (χ1v) is 11.1. The highest BCUT2D eigenvalue weighted by Gasteiger charge is 2.18. The fourth-order valence-corrected chi connectivity index (χ4v) is 4.50. The number of piperidine rings is 1. The molecular formula is C24H28ClN3O4. The summed E-state index contributed by atoms with van der Waals surface area (Å²) < 4.78 is 16.4. The van der Waals surface area contributed by atoms with E-state index in [0.717, 1.165) is 29.9 Å². The molecule has 7 nitrogen and oxygen atoms in total.